The van der Waals surface area contributed by atoms with E-state index < -0.39 is 11.7 Å². The van der Waals surface area contributed by atoms with Gasteiger partial charge in [0.1, 0.15) is 11.6 Å². The number of para-hydroxylation sites is 1. The Kier molecular flexibility index (Phi) is 5.86. The van der Waals surface area contributed by atoms with Gasteiger partial charge in [0.15, 0.2) is 5.69 Å². The van der Waals surface area contributed by atoms with Crippen molar-refractivity contribution in [1.29, 1.82) is 0 Å². The Bertz CT molecular complexity index is 704. The van der Waals surface area contributed by atoms with Crippen LogP contribution in [0.5, 0.6) is 0 Å². The maximum Gasteiger partial charge on any atom is 0.276 e. The Balaban J connectivity index is 1.49. The van der Waals surface area contributed by atoms with Gasteiger partial charge in [0.2, 0.25) is 0 Å². The molecular formula is C17H20FN5O2. The Morgan fingerprint density at radius 2 is 1.96 bits per heavy atom. The largest absolute Gasteiger partial charge is 0.379 e. The smallest absolute Gasteiger partial charge is 0.276 e. The lowest BCUT2D eigenvalue weighted by Gasteiger charge is -2.26. The topological polar surface area (TPSA) is 79.4 Å². The van der Waals surface area contributed by atoms with Gasteiger partial charge in [-0.25, -0.2) is 4.39 Å². The van der Waals surface area contributed by atoms with Crippen LogP contribution < -0.4 is 10.6 Å². The van der Waals surface area contributed by atoms with Crippen LogP contribution in [0.4, 0.5) is 15.9 Å². The van der Waals surface area contributed by atoms with Gasteiger partial charge in [-0.2, -0.15) is 0 Å². The maximum atomic E-state index is 13.6. The lowest BCUT2D eigenvalue weighted by atomic mass is 10.3. The first-order chi connectivity index (χ1) is 12.2. The average Bonchev–Trinajstić information content (AvgIpc) is 2.65. The number of halogens is 1. The fourth-order valence-corrected chi connectivity index (χ4v) is 2.46. The quantitative estimate of drug-likeness (QED) is 0.828. The van der Waals surface area contributed by atoms with E-state index >= 15 is 0 Å². The predicted octanol–water partition coefficient (Wildman–Crippen LogP) is 1.61. The van der Waals surface area contributed by atoms with Crippen molar-refractivity contribution < 1.29 is 13.9 Å². The number of anilines is 2. The molecule has 2 N–H and O–H groups in total. The minimum atomic E-state index is -0.502. The van der Waals surface area contributed by atoms with Crippen LogP contribution in [0.25, 0.3) is 0 Å². The number of carbonyl (C=O) groups is 1. The zero-order valence-corrected chi connectivity index (χ0v) is 13.7. The molecule has 0 bridgehead atoms. The van der Waals surface area contributed by atoms with Gasteiger partial charge in [-0.3, -0.25) is 9.69 Å². The number of aromatic nitrogens is 2. The van der Waals surface area contributed by atoms with E-state index in [-0.39, 0.29) is 11.4 Å². The summed E-state index contributed by atoms with van der Waals surface area (Å²) in [4.78, 5) is 14.4. The summed E-state index contributed by atoms with van der Waals surface area (Å²) in [6.07, 6.45) is 0. The second-order valence-electron chi connectivity index (χ2n) is 5.62. The van der Waals surface area contributed by atoms with Gasteiger partial charge in [0.05, 0.1) is 18.9 Å². The molecule has 1 fully saturated rings. The number of nitrogens with one attached hydrogen (secondary N) is 2. The van der Waals surface area contributed by atoms with Crippen LogP contribution >= 0.6 is 0 Å². The lowest BCUT2D eigenvalue weighted by molar-refractivity contribution is 0.0398. The van der Waals surface area contributed by atoms with Crippen LogP contribution in [-0.4, -0.2) is 60.4 Å². The highest BCUT2D eigenvalue weighted by Gasteiger charge is 2.12. The first kappa shape index (κ1) is 17.2. The molecule has 0 radical (unpaired) electrons. The molecule has 132 valence electrons. The summed E-state index contributed by atoms with van der Waals surface area (Å²) in [6, 6.07) is 9.21. The van der Waals surface area contributed by atoms with Gasteiger partial charge < -0.3 is 15.4 Å². The minimum Gasteiger partial charge on any atom is -0.379 e. The summed E-state index contributed by atoms with van der Waals surface area (Å²) >= 11 is 0. The summed E-state index contributed by atoms with van der Waals surface area (Å²) in [7, 11) is 0. The van der Waals surface area contributed by atoms with E-state index in [0.717, 1.165) is 39.4 Å². The molecule has 1 aliphatic heterocycles. The van der Waals surface area contributed by atoms with E-state index in [1.807, 2.05) is 0 Å². The van der Waals surface area contributed by atoms with Gasteiger partial charge in [0, 0.05) is 26.2 Å². The number of carbonyl (C=O) groups excluding carboxylic acids is 1. The third kappa shape index (κ3) is 4.94. The second kappa shape index (κ2) is 8.50. The molecule has 0 atom stereocenters. The SMILES string of the molecule is O=C(Nc1ccccc1F)c1ccc(NCCN2CCOCC2)nn1. The number of hydrogen-bond acceptors (Lipinski definition) is 6. The molecule has 1 saturated heterocycles. The van der Waals surface area contributed by atoms with Crippen LogP contribution in [0, 0.1) is 5.82 Å². The van der Waals surface area contributed by atoms with Crippen LogP contribution in [0.1, 0.15) is 10.5 Å². The number of hydrogen-bond donors (Lipinski definition) is 2. The first-order valence-electron chi connectivity index (χ1n) is 8.16. The van der Waals surface area contributed by atoms with Crippen molar-refractivity contribution >= 4 is 17.4 Å². The standard InChI is InChI=1S/C17H20FN5O2/c18-13-3-1-2-4-14(13)20-17(24)15-5-6-16(22-21-15)19-7-8-23-9-11-25-12-10-23/h1-6H,7-12H2,(H,19,22)(H,20,24). The molecule has 8 heteroatoms. The van der Waals surface area contributed by atoms with Gasteiger partial charge in [-0.1, -0.05) is 12.1 Å². The van der Waals surface area contributed by atoms with Gasteiger partial charge in [-0.15, -0.1) is 10.2 Å². The summed E-state index contributed by atoms with van der Waals surface area (Å²) in [5, 5.41) is 13.5. The van der Waals surface area contributed by atoms with Crippen LogP contribution in [0.3, 0.4) is 0 Å². The number of nitrogens with zero attached hydrogens (tertiary/aromatic N) is 3. The van der Waals surface area contributed by atoms with Crippen molar-refractivity contribution in [2.75, 3.05) is 50.0 Å². The zero-order valence-electron chi connectivity index (χ0n) is 13.7. The average molecular weight is 345 g/mol. The van der Waals surface area contributed by atoms with E-state index in [4.69, 9.17) is 4.74 Å². The molecular weight excluding hydrogens is 325 g/mol. The summed E-state index contributed by atoms with van der Waals surface area (Å²) in [5.74, 6) is -0.404. The summed E-state index contributed by atoms with van der Waals surface area (Å²) < 4.78 is 18.9. The molecule has 0 spiro atoms. The van der Waals surface area contributed by atoms with E-state index in [0.29, 0.717) is 5.82 Å². The fourth-order valence-electron chi connectivity index (χ4n) is 2.46. The monoisotopic (exact) mass is 345 g/mol. The molecule has 2 aromatic rings. The molecule has 7 nitrogen and oxygen atoms in total. The van der Waals surface area contributed by atoms with Gasteiger partial charge in [-0.05, 0) is 24.3 Å². The molecule has 2 heterocycles. The van der Waals surface area contributed by atoms with E-state index in [1.165, 1.54) is 12.1 Å². The van der Waals surface area contributed by atoms with E-state index in [2.05, 4.69) is 25.7 Å². The van der Waals surface area contributed by atoms with Crippen molar-refractivity contribution in [2.45, 2.75) is 0 Å². The normalized spacial score (nSPS) is 14.9. The van der Waals surface area contributed by atoms with Gasteiger partial charge in [0.25, 0.3) is 5.91 Å². The molecule has 1 aliphatic rings. The summed E-state index contributed by atoms with van der Waals surface area (Å²) in [5.41, 5.74) is 0.240. The Hall–Kier alpha value is -2.58. The molecule has 25 heavy (non-hydrogen) atoms. The van der Waals surface area contributed by atoms with E-state index in [1.54, 1.807) is 24.3 Å². The Morgan fingerprint density at radius 3 is 2.68 bits per heavy atom. The highest BCUT2D eigenvalue weighted by atomic mass is 19.1. The third-order valence-corrected chi connectivity index (χ3v) is 3.86. The molecule has 1 aromatic heterocycles. The van der Waals surface area contributed by atoms with Crippen molar-refractivity contribution in [3.05, 3.63) is 47.9 Å². The maximum absolute atomic E-state index is 13.6. The highest BCUT2D eigenvalue weighted by molar-refractivity contribution is 6.02. The summed E-state index contributed by atoms with van der Waals surface area (Å²) in [6.45, 7) is 5.03. The van der Waals surface area contributed by atoms with Crippen molar-refractivity contribution in [1.82, 2.24) is 15.1 Å². The van der Waals surface area contributed by atoms with Crippen LogP contribution in [-0.2, 0) is 4.74 Å². The van der Waals surface area contributed by atoms with Gasteiger partial charge >= 0.3 is 0 Å². The number of ether oxygens (including phenoxy) is 1. The second-order valence-corrected chi connectivity index (χ2v) is 5.62. The predicted molar refractivity (Wildman–Crippen MR) is 92.1 cm³/mol. The molecule has 1 amide bonds. The van der Waals surface area contributed by atoms with Crippen molar-refractivity contribution in [2.24, 2.45) is 0 Å². The van der Waals surface area contributed by atoms with E-state index in [9.17, 15) is 9.18 Å². The molecule has 1 aromatic carbocycles. The zero-order chi connectivity index (χ0) is 17.5. The number of benzene rings is 1. The third-order valence-electron chi connectivity index (χ3n) is 3.86. The fraction of sp³-hybridized carbons (Fsp3) is 0.353. The Morgan fingerprint density at radius 1 is 1.16 bits per heavy atom. The first-order valence-corrected chi connectivity index (χ1v) is 8.16. The van der Waals surface area contributed by atoms with Crippen LogP contribution in [0.15, 0.2) is 36.4 Å². The van der Waals surface area contributed by atoms with Crippen molar-refractivity contribution in [3.63, 3.8) is 0 Å². The molecule has 0 unspecified atom stereocenters. The Labute approximate surface area is 145 Å². The van der Waals surface area contributed by atoms with Crippen molar-refractivity contribution in [3.8, 4) is 0 Å². The number of amides is 1. The highest BCUT2D eigenvalue weighted by Crippen LogP contribution is 2.13. The number of morpholine rings is 1. The lowest BCUT2D eigenvalue weighted by Crippen LogP contribution is -2.39. The number of rotatable bonds is 6. The van der Waals surface area contributed by atoms with Crippen LogP contribution in [0.2, 0.25) is 0 Å². The molecule has 3 rings (SSSR count). The minimum absolute atomic E-state index is 0.113. The molecule has 0 saturated carbocycles. The molecule has 0 aliphatic carbocycles.